The summed E-state index contributed by atoms with van der Waals surface area (Å²) in [5.41, 5.74) is 0.0484. The number of anilines is 1. The van der Waals surface area contributed by atoms with E-state index in [0.717, 1.165) is 6.07 Å². The summed E-state index contributed by atoms with van der Waals surface area (Å²) in [7, 11) is 1.25. The SMILES string of the molecule is COc1ccc(NSc2c(F)c(F)c(F)c(F)c2F)cc1F. The highest BCUT2D eigenvalue weighted by Crippen LogP contribution is 2.32. The van der Waals surface area contributed by atoms with Gasteiger partial charge in [0.1, 0.15) is 4.90 Å². The van der Waals surface area contributed by atoms with Gasteiger partial charge in [-0.1, -0.05) is 0 Å². The van der Waals surface area contributed by atoms with Crippen LogP contribution in [0.5, 0.6) is 5.75 Å². The Kier molecular flexibility index (Phi) is 4.74. The number of hydrogen-bond donors (Lipinski definition) is 1. The molecule has 9 heteroatoms. The van der Waals surface area contributed by atoms with Gasteiger partial charge in [-0.3, -0.25) is 0 Å². The van der Waals surface area contributed by atoms with Gasteiger partial charge in [-0.05, 0) is 24.1 Å². The Morgan fingerprint density at radius 3 is 1.91 bits per heavy atom. The fourth-order valence-electron chi connectivity index (χ4n) is 1.51. The fourth-order valence-corrected chi connectivity index (χ4v) is 2.22. The molecule has 0 radical (unpaired) electrons. The van der Waals surface area contributed by atoms with Gasteiger partial charge in [0, 0.05) is 11.8 Å². The Labute approximate surface area is 125 Å². The van der Waals surface area contributed by atoms with Crippen molar-refractivity contribution in [2.45, 2.75) is 4.90 Å². The maximum absolute atomic E-state index is 13.4. The molecule has 0 fully saturated rings. The lowest BCUT2D eigenvalue weighted by Gasteiger charge is -2.10. The molecule has 2 aromatic rings. The van der Waals surface area contributed by atoms with Crippen molar-refractivity contribution in [2.75, 3.05) is 11.8 Å². The first kappa shape index (κ1) is 16.3. The molecule has 0 aliphatic heterocycles. The van der Waals surface area contributed by atoms with Crippen LogP contribution in [0.15, 0.2) is 23.1 Å². The third-order valence-corrected chi connectivity index (χ3v) is 3.49. The Morgan fingerprint density at radius 2 is 1.41 bits per heavy atom. The lowest BCUT2D eigenvalue weighted by molar-refractivity contribution is 0.361. The number of ether oxygens (including phenoxy) is 1. The minimum Gasteiger partial charge on any atom is -0.494 e. The van der Waals surface area contributed by atoms with Crippen LogP contribution >= 0.6 is 11.9 Å². The molecule has 0 aliphatic carbocycles. The van der Waals surface area contributed by atoms with E-state index >= 15 is 0 Å². The van der Waals surface area contributed by atoms with Crippen LogP contribution in [-0.2, 0) is 0 Å². The predicted molar refractivity (Wildman–Crippen MR) is 68.7 cm³/mol. The molecule has 0 spiro atoms. The van der Waals surface area contributed by atoms with Crippen molar-refractivity contribution in [1.29, 1.82) is 0 Å². The van der Waals surface area contributed by atoms with Crippen LogP contribution in [0.4, 0.5) is 32.0 Å². The van der Waals surface area contributed by atoms with Crippen LogP contribution in [0.1, 0.15) is 0 Å². The summed E-state index contributed by atoms with van der Waals surface area (Å²) in [5.74, 6) is -11.1. The molecule has 2 rings (SSSR count). The summed E-state index contributed by atoms with van der Waals surface area (Å²) in [6, 6.07) is 3.48. The first-order chi connectivity index (χ1) is 10.4. The molecule has 0 unspecified atom stereocenters. The number of methoxy groups -OCH3 is 1. The molecule has 0 aliphatic rings. The summed E-state index contributed by atoms with van der Waals surface area (Å²) < 4.78 is 86.1. The van der Waals surface area contributed by atoms with Crippen molar-refractivity contribution >= 4 is 17.6 Å². The molecular formula is C13H7F6NOS. The summed E-state index contributed by atoms with van der Waals surface area (Å²) >= 11 is 0.132. The first-order valence-electron chi connectivity index (χ1n) is 5.64. The quantitative estimate of drug-likeness (QED) is 0.379. The second kappa shape index (κ2) is 6.39. The average molecular weight is 339 g/mol. The fraction of sp³-hybridized carbons (Fsp3) is 0.0769. The highest BCUT2D eigenvalue weighted by molar-refractivity contribution is 8.00. The van der Waals surface area contributed by atoms with Crippen LogP contribution in [0, 0.1) is 34.9 Å². The third kappa shape index (κ3) is 2.94. The molecule has 0 bridgehead atoms. The largest absolute Gasteiger partial charge is 0.494 e. The minimum atomic E-state index is -2.24. The van der Waals surface area contributed by atoms with E-state index in [1.807, 2.05) is 0 Å². The van der Waals surface area contributed by atoms with Crippen molar-refractivity contribution in [3.63, 3.8) is 0 Å². The van der Waals surface area contributed by atoms with Crippen molar-refractivity contribution < 1.29 is 31.1 Å². The second-order valence-corrected chi connectivity index (χ2v) is 4.77. The average Bonchev–Trinajstić information content (AvgIpc) is 2.51. The van der Waals surface area contributed by atoms with Crippen LogP contribution < -0.4 is 9.46 Å². The molecule has 118 valence electrons. The minimum absolute atomic E-state index is 0.0484. The molecule has 22 heavy (non-hydrogen) atoms. The van der Waals surface area contributed by atoms with E-state index in [-0.39, 0.29) is 23.4 Å². The van der Waals surface area contributed by atoms with E-state index < -0.39 is 39.8 Å². The Morgan fingerprint density at radius 1 is 0.864 bits per heavy atom. The Balaban J connectivity index is 2.27. The van der Waals surface area contributed by atoms with Crippen molar-refractivity contribution in [3.8, 4) is 5.75 Å². The van der Waals surface area contributed by atoms with Crippen LogP contribution in [0.3, 0.4) is 0 Å². The van der Waals surface area contributed by atoms with Crippen LogP contribution in [-0.4, -0.2) is 7.11 Å². The Bertz CT molecular complexity index is 695. The predicted octanol–water partition coefficient (Wildman–Crippen LogP) is 4.65. The zero-order valence-electron chi connectivity index (χ0n) is 10.8. The van der Waals surface area contributed by atoms with Gasteiger partial charge in [0.15, 0.2) is 34.8 Å². The highest BCUT2D eigenvalue weighted by atomic mass is 32.2. The van der Waals surface area contributed by atoms with Gasteiger partial charge >= 0.3 is 0 Å². The van der Waals surface area contributed by atoms with E-state index in [9.17, 15) is 26.3 Å². The maximum Gasteiger partial charge on any atom is 0.200 e. The van der Waals surface area contributed by atoms with Gasteiger partial charge in [-0.15, -0.1) is 0 Å². The van der Waals surface area contributed by atoms with Gasteiger partial charge in [-0.25, -0.2) is 26.3 Å². The standard InChI is InChI=1S/C13H7F6NOS/c1-21-7-3-2-5(4-6(7)14)20-22-13-11(18)9(16)8(15)10(17)12(13)19/h2-4,20H,1H3. The van der Waals surface area contributed by atoms with E-state index in [4.69, 9.17) is 0 Å². The van der Waals surface area contributed by atoms with E-state index in [1.165, 1.54) is 19.2 Å². The van der Waals surface area contributed by atoms with Gasteiger partial charge in [0.25, 0.3) is 0 Å². The summed E-state index contributed by atoms with van der Waals surface area (Å²) in [6.07, 6.45) is 0. The number of halogens is 6. The molecule has 2 aromatic carbocycles. The van der Waals surface area contributed by atoms with Crippen molar-refractivity contribution in [3.05, 3.63) is 53.1 Å². The molecule has 0 atom stereocenters. The molecule has 0 aromatic heterocycles. The van der Waals surface area contributed by atoms with Crippen molar-refractivity contribution in [2.24, 2.45) is 0 Å². The van der Waals surface area contributed by atoms with Crippen molar-refractivity contribution in [1.82, 2.24) is 0 Å². The third-order valence-electron chi connectivity index (χ3n) is 2.59. The summed E-state index contributed by atoms with van der Waals surface area (Å²) in [6.45, 7) is 0. The highest BCUT2D eigenvalue weighted by Gasteiger charge is 2.26. The zero-order valence-corrected chi connectivity index (χ0v) is 11.6. The van der Waals surface area contributed by atoms with Gasteiger partial charge in [0.2, 0.25) is 5.82 Å². The van der Waals surface area contributed by atoms with E-state index in [1.54, 1.807) is 0 Å². The monoisotopic (exact) mass is 339 g/mol. The van der Waals surface area contributed by atoms with E-state index in [2.05, 4.69) is 9.46 Å². The zero-order chi connectivity index (χ0) is 16.4. The normalized spacial score (nSPS) is 10.7. The number of nitrogens with one attached hydrogen (secondary N) is 1. The lowest BCUT2D eigenvalue weighted by Crippen LogP contribution is -2.04. The van der Waals surface area contributed by atoms with Gasteiger partial charge in [-0.2, -0.15) is 0 Å². The molecule has 0 saturated carbocycles. The lowest BCUT2D eigenvalue weighted by atomic mass is 10.3. The maximum atomic E-state index is 13.4. The molecule has 2 nitrogen and oxygen atoms in total. The van der Waals surface area contributed by atoms with Gasteiger partial charge in [0.05, 0.1) is 7.11 Å². The summed E-state index contributed by atoms with van der Waals surface area (Å²) in [5, 5.41) is 0. The molecule has 0 amide bonds. The first-order valence-corrected chi connectivity index (χ1v) is 6.46. The van der Waals surface area contributed by atoms with Crippen LogP contribution in [0.2, 0.25) is 0 Å². The molecular weight excluding hydrogens is 332 g/mol. The van der Waals surface area contributed by atoms with Crippen LogP contribution in [0.25, 0.3) is 0 Å². The second-order valence-electron chi connectivity index (χ2n) is 3.95. The topological polar surface area (TPSA) is 21.3 Å². The molecule has 0 heterocycles. The smallest absolute Gasteiger partial charge is 0.200 e. The Hall–Kier alpha value is -2.03. The molecule has 1 N–H and O–H groups in total. The van der Waals surface area contributed by atoms with E-state index in [0.29, 0.717) is 0 Å². The summed E-state index contributed by atoms with van der Waals surface area (Å²) in [4.78, 5) is -1.12. The van der Waals surface area contributed by atoms with Gasteiger partial charge < -0.3 is 9.46 Å². The molecule has 0 saturated heterocycles. The number of benzene rings is 2. The number of rotatable bonds is 4. The number of hydrogen-bond acceptors (Lipinski definition) is 3.